The van der Waals surface area contributed by atoms with Crippen LogP contribution < -0.4 is 5.32 Å². The van der Waals surface area contributed by atoms with E-state index in [9.17, 15) is 0 Å². The largest absolute Gasteiger partial charge is 0.361 e. The summed E-state index contributed by atoms with van der Waals surface area (Å²) in [7, 11) is 1.93. The SMILES string of the molecule is CCCOC(C)(CC)NC. The van der Waals surface area contributed by atoms with Crippen molar-refractivity contribution in [2.75, 3.05) is 13.7 Å². The molecular formula is C8H19NO. The number of hydrogen-bond acceptors (Lipinski definition) is 2. The first-order valence-electron chi connectivity index (χ1n) is 4.01. The molecule has 0 saturated carbocycles. The molecular weight excluding hydrogens is 126 g/mol. The van der Waals surface area contributed by atoms with Crippen LogP contribution in [0, 0.1) is 0 Å². The van der Waals surface area contributed by atoms with Gasteiger partial charge in [-0.05, 0) is 26.8 Å². The van der Waals surface area contributed by atoms with Crippen molar-refractivity contribution in [3.05, 3.63) is 0 Å². The standard InChI is InChI=1S/C8H19NO/c1-5-7-10-8(3,6-2)9-4/h9H,5-7H2,1-4H3. The van der Waals surface area contributed by atoms with Crippen molar-refractivity contribution in [1.82, 2.24) is 5.32 Å². The molecule has 1 atom stereocenters. The Morgan fingerprint density at radius 1 is 1.40 bits per heavy atom. The molecule has 0 aliphatic heterocycles. The fraction of sp³-hybridized carbons (Fsp3) is 1.00. The molecule has 62 valence electrons. The second-order valence-electron chi connectivity index (χ2n) is 2.68. The minimum Gasteiger partial charge on any atom is -0.361 e. The Labute approximate surface area is 64.0 Å². The van der Waals surface area contributed by atoms with Crippen molar-refractivity contribution < 1.29 is 4.74 Å². The summed E-state index contributed by atoms with van der Waals surface area (Å²) in [6, 6.07) is 0. The lowest BCUT2D eigenvalue weighted by Crippen LogP contribution is -2.42. The zero-order valence-electron chi connectivity index (χ0n) is 7.53. The summed E-state index contributed by atoms with van der Waals surface area (Å²) in [4.78, 5) is 0. The van der Waals surface area contributed by atoms with Crippen molar-refractivity contribution in [1.29, 1.82) is 0 Å². The quantitative estimate of drug-likeness (QED) is 0.595. The highest BCUT2D eigenvalue weighted by Crippen LogP contribution is 2.09. The lowest BCUT2D eigenvalue weighted by atomic mass is 10.2. The van der Waals surface area contributed by atoms with Gasteiger partial charge in [0.05, 0.1) is 0 Å². The predicted molar refractivity (Wildman–Crippen MR) is 44.0 cm³/mol. The third-order valence-corrected chi connectivity index (χ3v) is 1.83. The number of rotatable bonds is 5. The maximum absolute atomic E-state index is 5.57. The monoisotopic (exact) mass is 145 g/mol. The van der Waals surface area contributed by atoms with E-state index in [4.69, 9.17) is 4.74 Å². The minimum absolute atomic E-state index is 0.115. The molecule has 0 radical (unpaired) electrons. The van der Waals surface area contributed by atoms with E-state index in [1.165, 1.54) is 0 Å². The lowest BCUT2D eigenvalue weighted by Gasteiger charge is -2.27. The van der Waals surface area contributed by atoms with Crippen LogP contribution in [0.2, 0.25) is 0 Å². The zero-order chi connectivity index (χ0) is 8.04. The highest BCUT2D eigenvalue weighted by atomic mass is 16.5. The molecule has 0 heterocycles. The third-order valence-electron chi connectivity index (χ3n) is 1.83. The van der Waals surface area contributed by atoms with Gasteiger partial charge in [0.25, 0.3) is 0 Å². The fourth-order valence-electron chi connectivity index (χ4n) is 0.678. The van der Waals surface area contributed by atoms with Gasteiger partial charge in [-0.2, -0.15) is 0 Å². The lowest BCUT2D eigenvalue weighted by molar-refractivity contribution is -0.0542. The molecule has 2 nitrogen and oxygen atoms in total. The molecule has 1 unspecified atom stereocenters. The highest BCUT2D eigenvalue weighted by molar-refractivity contribution is 4.66. The van der Waals surface area contributed by atoms with E-state index < -0.39 is 0 Å². The maximum Gasteiger partial charge on any atom is 0.115 e. The zero-order valence-corrected chi connectivity index (χ0v) is 7.53. The Kier molecular flexibility index (Phi) is 4.65. The normalized spacial score (nSPS) is 16.8. The molecule has 0 saturated heterocycles. The van der Waals surface area contributed by atoms with Gasteiger partial charge in [0.2, 0.25) is 0 Å². The summed E-state index contributed by atoms with van der Waals surface area (Å²) in [6.07, 6.45) is 2.08. The molecule has 0 fully saturated rings. The van der Waals surface area contributed by atoms with E-state index in [0.717, 1.165) is 19.4 Å². The maximum atomic E-state index is 5.57. The van der Waals surface area contributed by atoms with Crippen LogP contribution >= 0.6 is 0 Å². The summed E-state index contributed by atoms with van der Waals surface area (Å²) in [5.74, 6) is 0. The van der Waals surface area contributed by atoms with Crippen LogP contribution in [0.15, 0.2) is 0 Å². The third kappa shape index (κ3) is 3.18. The topological polar surface area (TPSA) is 21.3 Å². The number of ether oxygens (including phenoxy) is 1. The molecule has 0 aliphatic rings. The summed E-state index contributed by atoms with van der Waals surface area (Å²) < 4.78 is 5.57. The molecule has 2 heteroatoms. The van der Waals surface area contributed by atoms with Gasteiger partial charge in [-0.1, -0.05) is 13.8 Å². The Balaban J connectivity index is 3.58. The molecule has 0 rings (SSSR count). The Hall–Kier alpha value is -0.0800. The summed E-state index contributed by atoms with van der Waals surface area (Å²) >= 11 is 0. The van der Waals surface area contributed by atoms with E-state index in [0.29, 0.717) is 0 Å². The van der Waals surface area contributed by atoms with Gasteiger partial charge in [0.1, 0.15) is 5.72 Å². The smallest absolute Gasteiger partial charge is 0.115 e. The van der Waals surface area contributed by atoms with Crippen LogP contribution in [-0.4, -0.2) is 19.4 Å². The van der Waals surface area contributed by atoms with Gasteiger partial charge in [0, 0.05) is 6.61 Å². The Morgan fingerprint density at radius 3 is 2.30 bits per heavy atom. The minimum atomic E-state index is -0.115. The average molecular weight is 145 g/mol. The van der Waals surface area contributed by atoms with Crippen LogP contribution in [0.4, 0.5) is 0 Å². The van der Waals surface area contributed by atoms with Crippen LogP contribution in [0.25, 0.3) is 0 Å². The van der Waals surface area contributed by atoms with Gasteiger partial charge >= 0.3 is 0 Å². The van der Waals surface area contributed by atoms with Crippen molar-refractivity contribution in [2.45, 2.75) is 39.3 Å². The summed E-state index contributed by atoms with van der Waals surface area (Å²) in [5.41, 5.74) is -0.115. The molecule has 0 amide bonds. The molecule has 0 aromatic carbocycles. The Morgan fingerprint density at radius 2 is 2.00 bits per heavy atom. The van der Waals surface area contributed by atoms with Crippen molar-refractivity contribution in [3.8, 4) is 0 Å². The van der Waals surface area contributed by atoms with Gasteiger partial charge in [0.15, 0.2) is 0 Å². The number of hydrogen-bond donors (Lipinski definition) is 1. The van der Waals surface area contributed by atoms with E-state index in [-0.39, 0.29) is 5.72 Å². The first kappa shape index (κ1) is 9.92. The molecule has 10 heavy (non-hydrogen) atoms. The molecule has 1 N–H and O–H groups in total. The molecule has 0 aromatic rings. The molecule has 0 spiro atoms. The van der Waals surface area contributed by atoms with Crippen LogP contribution in [0.3, 0.4) is 0 Å². The van der Waals surface area contributed by atoms with E-state index in [2.05, 4.69) is 26.1 Å². The van der Waals surface area contributed by atoms with Crippen molar-refractivity contribution >= 4 is 0 Å². The molecule has 0 aromatic heterocycles. The highest BCUT2D eigenvalue weighted by Gasteiger charge is 2.18. The average Bonchev–Trinajstić information content (AvgIpc) is 2.00. The Bertz CT molecular complexity index is 79.3. The fourth-order valence-corrected chi connectivity index (χ4v) is 0.678. The van der Waals surface area contributed by atoms with Gasteiger partial charge < -0.3 is 4.74 Å². The first-order valence-corrected chi connectivity index (χ1v) is 4.01. The molecule has 0 aliphatic carbocycles. The van der Waals surface area contributed by atoms with Crippen molar-refractivity contribution in [2.24, 2.45) is 0 Å². The summed E-state index contributed by atoms with van der Waals surface area (Å²) in [5, 5.41) is 3.14. The van der Waals surface area contributed by atoms with Crippen LogP contribution in [0.1, 0.15) is 33.6 Å². The van der Waals surface area contributed by atoms with Crippen molar-refractivity contribution in [3.63, 3.8) is 0 Å². The van der Waals surface area contributed by atoms with E-state index >= 15 is 0 Å². The number of nitrogens with one attached hydrogen (secondary N) is 1. The van der Waals surface area contributed by atoms with Gasteiger partial charge in [-0.15, -0.1) is 0 Å². The predicted octanol–water partition coefficient (Wildman–Crippen LogP) is 1.76. The molecule has 0 bridgehead atoms. The second kappa shape index (κ2) is 4.69. The first-order chi connectivity index (χ1) is 4.68. The van der Waals surface area contributed by atoms with Gasteiger partial charge in [-0.25, -0.2) is 0 Å². The second-order valence-corrected chi connectivity index (χ2v) is 2.68. The van der Waals surface area contributed by atoms with Crippen LogP contribution in [-0.2, 0) is 4.74 Å². The van der Waals surface area contributed by atoms with E-state index in [1.54, 1.807) is 0 Å². The van der Waals surface area contributed by atoms with E-state index in [1.807, 2.05) is 7.05 Å². The van der Waals surface area contributed by atoms with Gasteiger partial charge in [-0.3, -0.25) is 5.32 Å². The summed E-state index contributed by atoms with van der Waals surface area (Å²) in [6.45, 7) is 7.14. The van der Waals surface area contributed by atoms with Crippen LogP contribution in [0.5, 0.6) is 0 Å².